The van der Waals surface area contributed by atoms with Crippen molar-refractivity contribution in [1.29, 1.82) is 0 Å². The minimum atomic E-state index is -0.105. The summed E-state index contributed by atoms with van der Waals surface area (Å²) >= 11 is 0. The van der Waals surface area contributed by atoms with Crippen molar-refractivity contribution in [1.82, 2.24) is 14.1 Å². The molecule has 0 saturated heterocycles. The molecule has 27 heavy (non-hydrogen) atoms. The van der Waals surface area contributed by atoms with Gasteiger partial charge in [0.15, 0.2) is 0 Å². The van der Waals surface area contributed by atoms with Crippen LogP contribution in [0.5, 0.6) is 0 Å². The molecule has 0 radical (unpaired) electrons. The lowest BCUT2D eigenvalue weighted by Gasteiger charge is -2.19. The maximum atomic E-state index is 12.9. The molecule has 1 aliphatic heterocycles. The molecule has 4 aromatic rings. The minimum Gasteiger partial charge on any atom is -0.351 e. The Morgan fingerprint density at radius 3 is 2.93 bits per heavy atom. The Balaban J connectivity index is 1.42. The van der Waals surface area contributed by atoms with E-state index in [0.717, 1.165) is 28.9 Å². The van der Waals surface area contributed by atoms with Gasteiger partial charge in [-0.15, -0.1) is 0 Å². The van der Waals surface area contributed by atoms with E-state index in [9.17, 15) is 4.79 Å². The third-order valence-electron chi connectivity index (χ3n) is 5.13. The average molecular weight is 357 g/mol. The number of hydrogen-bond acceptors (Lipinski definition) is 2. The van der Waals surface area contributed by atoms with Gasteiger partial charge in [-0.3, -0.25) is 4.90 Å². The first-order valence-electron chi connectivity index (χ1n) is 8.94. The van der Waals surface area contributed by atoms with Gasteiger partial charge in [-0.2, -0.15) is 0 Å². The molecule has 0 bridgehead atoms. The van der Waals surface area contributed by atoms with Crippen LogP contribution >= 0.6 is 0 Å². The van der Waals surface area contributed by atoms with Gasteiger partial charge in [0.05, 0.1) is 6.33 Å². The Bertz CT molecular complexity index is 1140. The zero-order valence-corrected chi connectivity index (χ0v) is 15.0. The topological polar surface area (TPSA) is 55.1 Å². The Kier molecular flexibility index (Phi) is 3.50. The van der Waals surface area contributed by atoms with Gasteiger partial charge >= 0.3 is 6.03 Å². The molecule has 2 aromatic carbocycles. The van der Waals surface area contributed by atoms with E-state index in [2.05, 4.69) is 33.1 Å². The fourth-order valence-electron chi connectivity index (χ4n) is 3.71. The van der Waals surface area contributed by atoms with E-state index in [1.807, 2.05) is 53.2 Å². The second-order valence-electron chi connectivity index (χ2n) is 6.82. The smallest absolute Gasteiger partial charge is 0.326 e. The van der Waals surface area contributed by atoms with Crippen molar-refractivity contribution in [3.63, 3.8) is 0 Å². The molecule has 0 aliphatic carbocycles. The molecule has 5 rings (SSSR count). The number of amides is 2. The number of aryl methyl sites for hydroxylation is 1. The van der Waals surface area contributed by atoms with Crippen LogP contribution in [0, 0.1) is 0 Å². The monoisotopic (exact) mass is 357 g/mol. The fraction of sp³-hybridized carbons (Fsp3) is 0.143. The molecule has 6 heteroatoms. The van der Waals surface area contributed by atoms with Crippen molar-refractivity contribution in [2.75, 3.05) is 16.8 Å². The highest BCUT2D eigenvalue weighted by atomic mass is 16.2. The number of carbonyl (C=O) groups excluding carboxylic acids is 1. The molecule has 1 aliphatic rings. The molecule has 0 saturated carbocycles. The van der Waals surface area contributed by atoms with Gasteiger partial charge in [0, 0.05) is 60.1 Å². The highest BCUT2D eigenvalue weighted by Gasteiger charge is 2.25. The van der Waals surface area contributed by atoms with E-state index in [0.29, 0.717) is 6.54 Å². The number of fused-ring (bicyclic) bond motifs is 2. The van der Waals surface area contributed by atoms with Gasteiger partial charge in [0.1, 0.15) is 0 Å². The Morgan fingerprint density at radius 2 is 2.07 bits per heavy atom. The number of carbonyl (C=O) groups is 1. The molecule has 2 amide bonds. The van der Waals surface area contributed by atoms with E-state index in [1.165, 1.54) is 11.1 Å². The molecule has 2 aromatic heterocycles. The third-order valence-corrected chi connectivity index (χ3v) is 5.13. The third kappa shape index (κ3) is 2.66. The molecule has 0 atom stereocenters. The van der Waals surface area contributed by atoms with E-state index in [-0.39, 0.29) is 6.03 Å². The van der Waals surface area contributed by atoms with E-state index in [4.69, 9.17) is 0 Å². The number of rotatable bonds is 2. The zero-order chi connectivity index (χ0) is 18.4. The first-order chi connectivity index (χ1) is 13.2. The van der Waals surface area contributed by atoms with Crippen LogP contribution in [0.2, 0.25) is 0 Å². The van der Waals surface area contributed by atoms with Gasteiger partial charge < -0.3 is 14.5 Å². The fourth-order valence-corrected chi connectivity index (χ4v) is 3.71. The highest BCUT2D eigenvalue weighted by molar-refractivity contribution is 6.04. The van der Waals surface area contributed by atoms with E-state index >= 15 is 0 Å². The summed E-state index contributed by atoms with van der Waals surface area (Å²) < 4.78 is 4.02. The summed E-state index contributed by atoms with van der Waals surface area (Å²) in [7, 11) is 2.04. The summed E-state index contributed by atoms with van der Waals surface area (Å²) in [5.41, 5.74) is 5.13. The van der Waals surface area contributed by atoms with Crippen molar-refractivity contribution in [3.8, 4) is 5.69 Å². The summed E-state index contributed by atoms with van der Waals surface area (Å²) in [6.45, 7) is 0.693. The van der Waals surface area contributed by atoms with Crippen LogP contribution in [0.25, 0.3) is 16.6 Å². The predicted molar refractivity (Wildman–Crippen MR) is 107 cm³/mol. The molecular weight excluding hydrogens is 338 g/mol. The lowest BCUT2D eigenvalue weighted by atomic mass is 10.1. The average Bonchev–Trinajstić information content (AvgIpc) is 3.41. The van der Waals surface area contributed by atoms with E-state index < -0.39 is 0 Å². The standard InChI is InChI=1S/C21H19N5O/c1-24-8-5-15-12-20-16(11-19(15)24)6-9-26(20)21(27)23-17-3-2-4-18(13-17)25-10-7-22-14-25/h2-5,7-8,10-14H,6,9H2,1H3,(H,23,27). The molecular formula is C21H19N5O. The maximum Gasteiger partial charge on any atom is 0.326 e. The van der Waals surface area contributed by atoms with Crippen LogP contribution < -0.4 is 10.2 Å². The van der Waals surface area contributed by atoms with Gasteiger partial charge in [0.2, 0.25) is 0 Å². The van der Waals surface area contributed by atoms with Crippen molar-refractivity contribution in [3.05, 3.63) is 72.9 Å². The van der Waals surface area contributed by atoms with Gasteiger partial charge in [-0.05, 0) is 48.4 Å². The molecule has 0 spiro atoms. The first-order valence-corrected chi connectivity index (χ1v) is 8.94. The molecule has 1 N–H and O–H groups in total. The number of hydrogen-bond donors (Lipinski definition) is 1. The quantitative estimate of drug-likeness (QED) is 0.590. The minimum absolute atomic E-state index is 0.105. The largest absolute Gasteiger partial charge is 0.351 e. The molecule has 6 nitrogen and oxygen atoms in total. The van der Waals surface area contributed by atoms with E-state index in [1.54, 1.807) is 12.5 Å². The van der Waals surface area contributed by atoms with Crippen molar-refractivity contribution >= 4 is 28.3 Å². The van der Waals surface area contributed by atoms with Crippen molar-refractivity contribution in [2.45, 2.75) is 6.42 Å². The molecule has 0 fully saturated rings. The Hall–Kier alpha value is -3.54. The van der Waals surface area contributed by atoms with Crippen LogP contribution in [0.1, 0.15) is 5.56 Å². The van der Waals surface area contributed by atoms with Gasteiger partial charge in [-0.1, -0.05) is 6.07 Å². The summed E-state index contributed by atoms with van der Waals surface area (Å²) in [5.74, 6) is 0. The number of imidazole rings is 1. The molecule has 0 unspecified atom stereocenters. The number of nitrogens with zero attached hydrogens (tertiary/aromatic N) is 4. The van der Waals surface area contributed by atoms with Gasteiger partial charge in [0.25, 0.3) is 0 Å². The number of urea groups is 1. The first kappa shape index (κ1) is 15.7. The number of benzene rings is 2. The lowest BCUT2D eigenvalue weighted by Crippen LogP contribution is -2.33. The normalized spacial score (nSPS) is 13.1. The summed E-state index contributed by atoms with van der Waals surface area (Å²) in [4.78, 5) is 18.8. The number of nitrogens with one attached hydrogen (secondary N) is 1. The second-order valence-corrected chi connectivity index (χ2v) is 6.82. The summed E-state index contributed by atoms with van der Waals surface area (Å²) in [6.07, 6.45) is 8.27. The van der Waals surface area contributed by atoms with Crippen molar-refractivity contribution < 1.29 is 4.79 Å². The summed E-state index contributed by atoms with van der Waals surface area (Å²) in [6, 6.07) is 14.0. The molecule has 134 valence electrons. The highest BCUT2D eigenvalue weighted by Crippen LogP contribution is 2.33. The number of anilines is 2. The van der Waals surface area contributed by atoms with Crippen LogP contribution in [-0.2, 0) is 13.5 Å². The number of aromatic nitrogens is 3. The maximum absolute atomic E-state index is 12.9. The molecule has 3 heterocycles. The van der Waals surface area contributed by atoms with Gasteiger partial charge in [-0.25, -0.2) is 9.78 Å². The lowest BCUT2D eigenvalue weighted by molar-refractivity contribution is 0.257. The van der Waals surface area contributed by atoms with Crippen LogP contribution in [0.4, 0.5) is 16.2 Å². The Labute approximate surface area is 156 Å². The van der Waals surface area contributed by atoms with Crippen LogP contribution in [0.15, 0.2) is 67.4 Å². The van der Waals surface area contributed by atoms with Crippen LogP contribution in [0.3, 0.4) is 0 Å². The predicted octanol–water partition coefficient (Wildman–Crippen LogP) is 3.96. The SMILES string of the molecule is Cn1ccc2cc3c(cc21)CCN3C(=O)Nc1cccc(-n2ccnc2)c1. The second kappa shape index (κ2) is 6.02. The van der Waals surface area contributed by atoms with Crippen molar-refractivity contribution in [2.24, 2.45) is 7.05 Å². The zero-order valence-electron chi connectivity index (χ0n) is 15.0. The Morgan fingerprint density at radius 1 is 1.15 bits per heavy atom. The summed E-state index contributed by atoms with van der Waals surface area (Å²) in [5, 5.41) is 4.18. The van der Waals surface area contributed by atoms with Crippen LogP contribution in [-0.4, -0.2) is 26.7 Å².